The predicted octanol–water partition coefficient (Wildman–Crippen LogP) is -1.70. The highest BCUT2D eigenvalue weighted by atomic mass is 35.5. The Morgan fingerprint density at radius 2 is 1.63 bits per heavy atom. The molecule has 1 heterocycles. The van der Waals surface area contributed by atoms with Gasteiger partial charge >= 0.3 is 0 Å². The molecule has 0 spiro atoms. The number of ether oxygens (including phenoxy) is 2. The normalized spacial score (nSPS) is 9.89. The van der Waals surface area contributed by atoms with E-state index in [2.05, 4.69) is 9.97 Å². The maximum absolute atomic E-state index is 5.94. The third-order valence-electron chi connectivity index (χ3n) is 2.62. The molecule has 2 rings (SSSR count). The summed E-state index contributed by atoms with van der Waals surface area (Å²) in [7, 11) is 6.89. The Labute approximate surface area is 117 Å². The Kier molecular flexibility index (Phi) is 4.61. The van der Waals surface area contributed by atoms with E-state index in [0.29, 0.717) is 23.3 Å². The third kappa shape index (κ3) is 2.73. The van der Waals surface area contributed by atoms with Crippen LogP contribution in [0.3, 0.4) is 0 Å². The number of fused-ring (bicyclic) bond motifs is 1. The fourth-order valence-electron chi connectivity index (χ4n) is 1.67. The lowest BCUT2D eigenvalue weighted by molar-refractivity contribution is -0.00000449. The fourth-order valence-corrected chi connectivity index (χ4v) is 1.67. The maximum atomic E-state index is 5.94. The summed E-state index contributed by atoms with van der Waals surface area (Å²) >= 11 is 0. The first-order valence-electron chi connectivity index (χ1n) is 5.43. The van der Waals surface area contributed by atoms with Crippen molar-refractivity contribution in [1.29, 1.82) is 0 Å². The minimum atomic E-state index is 0. The molecule has 0 aliphatic carbocycles. The Morgan fingerprint density at radius 1 is 1.05 bits per heavy atom. The molecule has 0 saturated heterocycles. The van der Waals surface area contributed by atoms with E-state index in [4.69, 9.17) is 15.2 Å². The van der Waals surface area contributed by atoms with Crippen LogP contribution in [0.5, 0.6) is 11.5 Å². The van der Waals surface area contributed by atoms with Crippen molar-refractivity contribution in [2.24, 2.45) is 0 Å². The molecular formula is C12H16ClN4O2-. The number of methoxy groups -OCH3 is 2. The van der Waals surface area contributed by atoms with Gasteiger partial charge in [0.1, 0.15) is 5.82 Å². The average Bonchev–Trinajstić information content (AvgIpc) is 2.36. The zero-order valence-electron chi connectivity index (χ0n) is 11.3. The molecule has 2 aromatic rings. The van der Waals surface area contributed by atoms with Crippen molar-refractivity contribution in [1.82, 2.24) is 9.97 Å². The SMILES string of the molecule is COc1cc2nc(N(C)C)nc(N)c2cc1OC.[Cl-]. The summed E-state index contributed by atoms with van der Waals surface area (Å²) in [5.74, 6) is 2.21. The van der Waals surface area contributed by atoms with E-state index in [1.807, 2.05) is 14.1 Å². The number of nitrogen functional groups attached to an aromatic ring is 1. The molecule has 0 radical (unpaired) electrons. The van der Waals surface area contributed by atoms with E-state index in [1.54, 1.807) is 31.3 Å². The number of nitrogens with two attached hydrogens (primary N) is 1. The molecule has 19 heavy (non-hydrogen) atoms. The molecule has 1 aromatic carbocycles. The van der Waals surface area contributed by atoms with E-state index >= 15 is 0 Å². The number of hydrogen-bond acceptors (Lipinski definition) is 6. The van der Waals surface area contributed by atoms with Crippen LogP contribution in [-0.2, 0) is 0 Å². The van der Waals surface area contributed by atoms with Crippen molar-refractivity contribution >= 4 is 22.7 Å². The molecule has 0 aliphatic heterocycles. The summed E-state index contributed by atoms with van der Waals surface area (Å²) in [5, 5.41) is 0.748. The zero-order chi connectivity index (χ0) is 13.3. The fraction of sp³-hybridized carbons (Fsp3) is 0.333. The lowest BCUT2D eigenvalue weighted by atomic mass is 10.2. The van der Waals surface area contributed by atoms with E-state index in [0.717, 1.165) is 10.9 Å². The molecule has 0 amide bonds. The van der Waals surface area contributed by atoms with E-state index < -0.39 is 0 Å². The van der Waals surface area contributed by atoms with E-state index in [1.165, 1.54) is 0 Å². The van der Waals surface area contributed by atoms with Crippen molar-refractivity contribution < 1.29 is 21.9 Å². The molecule has 0 aliphatic rings. The van der Waals surface area contributed by atoms with Gasteiger partial charge in [0.25, 0.3) is 0 Å². The Bertz CT molecular complexity index is 589. The molecule has 0 fully saturated rings. The van der Waals surface area contributed by atoms with Gasteiger partial charge in [-0.25, -0.2) is 4.98 Å². The van der Waals surface area contributed by atoms with Crippen LogP contribution in [0.25, 0.3) is 10.9 Å². The Hall–Kier alpha value is -1.95. The lowest BCUT2D eigenvalue weighted by Gasteiger charge is -2.14. The number of halogens is 1. The van der Waals surface area contributed by atoms with Gasteiger partial charge in [-0.2, -0.15) is 4.98 Å². The van der Waals surface area contributed by atoms with Crippen LogP contribution >= 0.6 is 0 Å². The predicted molar refractivity (Wildman–Crippen MR) is 71.4 cm³/mol. The summed E-state index contributed by atoms with van der Waals surface area (Å²) in [6, 6.07) is 3.57. The van der Waals surface area contributed by atoms with Crippen molar-refractivity contribution in [2.75, 3.05) is 38.9 Å². The van der Waals surface area contributed by atoms with Crippen LogP contribution in [-0.4, -0.2) is 38.3 Å². The van der Waals surface area contributed by atoms with Crippen molar-refractivity contribution in [2.45, 2.75) is 0 Å². The monoisotopic (exact) mass is 283 g/mol. The van der Waals surface area contributed by atoms with Crippen molar-refractivity contribution in [3.8, 4) is 11.5 Å². The van der Waals surface area contributed by atoms with Crippen LogP contribution in [0.4, 0.5) is 11.8 Å². The van der Waals surface area contributed by atoms with Crippen LogP contribution < -0.4 is 32.5 Å². The van der Waals surface area contributed by atoms with Gasteiger partial charge in [0.15, 0.2) is 11.5 Å². The average molecular weight is 284 g/mol. The van der Waals surface area contributed by atoms with Crippen molar-refractivity contribution in [3.05, 3.63) is 12.1 Å². The van der Waals surface area contributed by atoms with Gasteiger partial charge in [-0.3, -0.25) is 0 Å². The molecule has 1 aromatic heterocycles. The number of benzene rings is 1. The van der Waals surface area contributed by atoms with Crippen LogP contribution in [0, 0.1) is 0 Å². The maximum Gasteiger partial charge on any atom is 0.227 e. The number of aromatic nitrogens is 2. The standard InChI is InChI=1S/C12H16N4O2.ClH/c1-16(2)12-14-8-6-10(18-4)9(17-3)5-7(8)11(13)15-12;/h5-6H,1-4H3,(H2,13,14,15);1H/p-1. The molecule has 104 valence electrons. The number of nitrogens with zero attached hydrogens (tertiary/aromatic N) is 3. The largest absolute Gasteiger partial charge is 1.00 e. The summed E-state index contributed by atoms with van der Waals surface area (Å²) in [5.41, 5.74) is 6.66. The highest BCUT2D eigenvalue weighted by molar-refractivity contribution is 5.91. The van der Waals surface area contributed by atoms with Crippen LogP contribution in [0.2, 0.25) is 0 Å². The lowest BCUT2D eigenvalue weighted by Crippen LogP contribution is -3.00. The van der Waals surface area contributed by atoms with Crippen LogP contribution in [0.15, 0.2) is 12.1 Å². The van der Waals surface area contributed by atoms with Gasteiger partial charge in [0.2, 0.25) is 5.95 Å². The first-order valence-corrected chi connectivity index (χ1v) is 5.43. The number of anilines is 2. The molecule has 6 nitrogen and oxygen atoms in total. The second-order valence-corrected chi connectivity index (χ2v) is 4.03. The van der Waals surface area contributed by atoms with Gasteiger partial charge < -0.3 is 32.5 Å². The summed E-state index contributed by atoms with van der Waals surface area (Å²) in [4.78, 5) is 10.4. The van der Waals surface area contributed by atoms with Gasteiger partial charge in [0, 0.05) is 25.5 Å². The molecular weight excluding hydrogens is 268 g/mol. The molecule has 0 unspecified atom stereocenters. The van der Waals surface area contributed by atoms with E-state index in [-0.39, 0.29) is 12.4 Å². The van der Waals surface area contributed by atoms with Gasteiger partial charge in [0.05, 0.1) is 19.7 Å². The minimum Gasteiger partial charge on any atom is -1.00 e. The second kappa shape index (κ2) is 5.79. The second-order valence-electron chi connectivity index (χ2n) is 4.03. The molecule has 0 atom stereocenters. The quantitative estimate of drug-likeness (QED) is 0.724. The summed E-state index contributed by atoms with van der Waals surface area (Å²) < 4.78 is 10.5. The van der Waals surface area contributed by atoms with Crippen molar-refractivity contribution in [3.63, 3.8) is 0 Å². The van der Waals surface area contributed by atoms with E-state index in [9.17, 15) is 0 Å². The van der Waals surface area contributed by atoms with Crippen LogP contribution in [0.1, 0.15) is 0 Å². The van der Waals surface area contributed by atoms with Gasteiger partial charge in [-0.15, -0.1) is 0 Å². The highest BCUT2D eigenvalue weighted by Gasteiger charge is 2.12. The smallest absolute Gasteiger partial charge is 0.227 e. The summed E-state index contributed by atoms with van der Waals surface area (Å²) in [6.45, 7) is 0. The topological polar surface area (TPSA) is 73.5 Å². The first kappa shape index (κ1) is 15.1. The third-order valence-corrected chi connectivity index (χ3v) is 2.62. The Balaban J connectivity index is 0.00000180. The summed E-state index contributed by atoms with van der Waals surface area (Å²) in [6.07, 6.45) is 0. The number of rotatable bonds is 3. The first-order chi connectivity index (χ1) is 8.56. The molecule has 7 heteroatoms. The Morgan fingerprint density at radius 3 is 2.16 bits per heavy atom. The number of hydrogen-bond donors (Lipinski definition) is 1. The molecule has 0 saturated carbocycles. The minimum absolute atomic E-state index is 0. The highest BCUT2D eigenvalue weighted by Crippen LogP contribution is 2.33. The molecule has 2 N–H and O–H groups in total. The molecule has 0 bridgehead atoms. The zero-order valence-corrected chi connectivity index (χ0v) is 12.0. The van der Waals surface area contributed by atoms with Gasteiger partial charge in [-0.05, 0) is 6.07 Å². The van der Waals surface area contributed by atoms with Gasteiger partial charge in [-0.1, -0.05) is 0 Å².